The maximum atomic E-state index is 12.3. The summed E-state index contributed by atoms with van der Waals surface area (Å²) < 4.78 is 11.1. The molecule has 0 aliphatic heterocycles. The summed E-state index contributed by atoms with van der Waals surface area (Å²) in [5, 5.41) is 3.79. The van der Waals surface area contributed by atoms with E-state index in [1.165, 1.54) is 0 Å². The third-order valence-corrected chi connectivity index (χ3v) is 5.59. The first-order valence-corrected chi connectivity index (χ1v) is 10.4. The van der Waals surface area contributed by atoms with Gasteiger partial charge in [0.15, 0.2) is 6.61 Å². The molecule has 1 aromatic heterocycles. The van der Waals surface area contributed by atoms with Gasteiger partial charge in [-0.15, -0.1) is 0 Å². The van der Waals surface area contributed by atoms with Gasteiger partial charge in [-0.3, -0.25) is 4.79 Å². The van der Waals surface area contributed by atoms with Gasteiger partial charge >= 0.3 is 5.63 Å². The number of benzene rings is 2. The van der Waals surface area contributed by atoms with Crippen LogP contribution in [0.4, 0.5) is 11.4 Å². The van der Waals surface area contributed by atoms with E-state index in [2.05, 4.69) is 24.1 Å². The number of nitrogens with zero attached hydrogens (tertiary/aromatic N) is 1. The van der Waals surface area contributed by atoms with Gasteiger partial charge in [-0.2, -0.15) is 0 Å². The summed E-state index contributed by atoms with van der Waals surface area (Å²) in [6.45, 7) is 5.97. The van der Waals surface area contributed by atoms with Gasteiger partial charge in [0.05, 0.1) is 0 Å². The van der Waals surface area contributed by atoms with Gasteiger partial charge in [0.2, 0.25) is 0 Å². The molecule has 1 N–H and O–H groups in total. The lowest BCUT2D eigenvalue weighted by Crippen LogP contribution is -2.22. The Balaban J connectivity index is 1.40. The molecular formula is C24H26N2O4. The van der Waals surface area contributed by atoms with Crippen molar-refractivity contribution in [2.24, 2.45) is 0 Å². The molecule has 1 aliphatic carbocycles. The molecule has 0 saturated heterocycles. The number of amides is 1. The van der Waals surface area contributed by atoms with Crippen LogP contribution in [-0.4, -0.2) is 25.6 Å². The normalized spacial score (nSPS) is 12.6. The average molecular weight is 406 g/mol. The van der Waals surface area contributed by atoms with Crippen LogP contribution < -0.4 is 20.6 Å². The van der Waals surface area contributed by atoms with Crippen molar-refractivity contribution in [3.63, 3.8) is 0 Å². The number of anilines is 2. The maximum absolute atomic E-state index is 12.3. The molecule has 0 atom stereocenters. The van der Waals surface area contributed by atoms with Crippen molar-refractivity contribution in [2.45, 2.75) is 33.1 Å². The van der Waals surface area contributed by atoms with Gasteiger partial charge in [0.1, 0.15) is 11.3 Å². The number of fused-ring (bicyclic) bond motifs is 3. The number of rotatable bonds is 7. The molecule has 1 aliphatic rings. The van der Waals surface area contributed by atoms with Crippen molar-refractivity contribution in [1.82, 2.24) is 0 Å². The molecular weight excluding hydrogens is 380 g/mol. The molecule has 30 heavy (non-hydrogen) atoms. The van der Waals surface area contributed by atoms with Crippen LogP contribution in [-0.2, 0) is 17.6 Å². The smallest absolute Gasteiger partial charge is 0.339 e. The number of carbonyl (C=O) groups excluding carboxylic acids is 1. The molecule has 0 radical (unpaired) electrons. The summed E-state index contributed by atoms with van der Waals surface area (Å²) in [5.74, 6) is 0.247. The summed E-state index contributed by atoms with van der Waals surface area (Å²) in [7, 11) is 0. The summed E-state index contributed by atoms with van der Waals surface area (Å²) in [5.41, 5.74) is 3.96. The van der Waals surface area contributed by atoms with Crippen LogP contribution in [0.2, 0.25) is 0 Å². The second kappa shape index (κ2) is 8.61. The molecule has 0 spiro atoms. The highest BCUT2D eigenvalue weighted by Gasteiger charge is 2.19. The minimum atomic E-state index is -0.266. The van der Waals surface area contributed by atoms with Gasteiger partial charge in [-0.05, 0) is 75.1 Å². The molecule has 2 aromatic carbocycles. The number of hydrogen-bond acceptors (Lipinski definition) is 5. The van der Waals surface area contributed by atoms with E-state index in [1.807, 2.05) is 36.4 Å². The van der Waals surface area contributed by atoms with Crippen LogP contribution in [0.15, 0.2) is 51.7 Å². The van der Waals surface area contributed by atoms with Gasteiger partial charge in [0.25, 0.3) is 5.91 Å². The predicted molar refractivity (Wildman–Crippen MR) is 119 cm³/mol. The van der Waals surface area contributed by atoms with Crippen LogP contribution in [0, 0.1) is 0 Å². The first kappa shape index (κ1) is 20.0. The van der Waals surface area contributed by atoms with Gasteiger partial charge in [-0.1, -0.05) is 0 Å². The highest BCUT2D eigenvalue weighted by molar-refractivity contribution is 5.92. The van der Waals surface area contributed by atoms with Crippen molar-refractivity contribution >= 4 is 28.3 Å². The van der Waals surface area contributed by atoms with E-state index in [0.29, 0.717) is 11.3 Å². The molecule has 1 amide bonds. The first-order valence-electron chi connectivity index (χ1n) is 10.4. The summed E-state index contributed by atoms with van der Waals surface area (Å²) in [4.78, 5) is 26.6. The topological polar surface area (TPSA) is 71.8 Å². The Labute approximate surface area is 175 Å². The van der Waals surface area contributed by atoms with E-state index in [1.54, 1.807) is 6.07 Å². The molecule has 156 valence electrons. The number of nitrogens with one attached hydrogen (secondary N) is 1. The van der Waals surface area contributed by atoms with Crippen LogP contribution in [0.3, 0.4) is 0 Å². The van der Waals surface area contributed by atoms with Crippen molar-refractivity contribution in [3.8, 4) is 5.75 Å². The SMILES string of the molecule is CCN(CC)c1ccc(NC(=O)COc2ccc3c4c(c(=O)oc3c2)CCC4)cc1. The molecule has 0 saturated carbocycles. The number of ether oxygens (including phenoxy) is 1. The van der Waals surface area contributed by atoms with Crippen LogP contribution in [0.5, 0.6) is 5.75 Å². The van der Waals surface area contributed by atoms with E-state index in [-0.39, 0.29) is 18.1 Å². The summed E-state index contributed by atoms with van der Waals surface area (Å²) in [6, 6.07) is 13.2. The Morgan fingerprint density at radius 1 is 1.07 bits per heavy atom. The molecule has 0 bridgehead atoms. The second-order valence-electron chi connectivity index (χ2n) is 7.41. The van der Waals surface area contributed by atoms with Gasteiger partial charge in [0, 0.05) is 41.5 Å². The van der Waals surface area contributed by atoms with Gasteiger partial charge < -0.3 is 19.4 Å². The zero-order chi connectivity index (χ0) is 21.1. The fourth-order valence-corrected chi connectivity index (χ4v) is 4.04. The van der Waals surface area contributed by atoms with Crippen LogP contribution in [0.25, 0.3) is 11.0 Å². The van der Waals surface area contributed by atoms with E-state index in [0.717, 1.165) is 60.2 Å². The lowest BCUT2D eigenvalue weighted by Gasteiger charge is -2.21. The third-order valence-electron chi connectivity index (χ3n) is 5.59. The Hall–Kier alpha value is -3.28. The highest BCUT2D eigenvalue weighted by atomic mass is 16.5. The zero-order valence-electron chi connectivity index (χ0n) is 17.4. The lowest BCUT2D eigenvalue weighted by atomic mass is 10.1. The average Bonchev–Trinajstić information content (AvgIpc) is 3.25. The molecule has 0 unspecified atom stereocenters. The lowest BCUT2D eigenvalue weighted by molar-refractivity contribution is -0.118. The first-order chi connectivity index (χ1) is 14.6. The van der Waals surface area contributed by atoms with Gasteiger partial charge in [-0.25, -0.2) is 4.79 Å². The Morgan fingerprint density at radius 3 is 2.53 bits per heavy atom. The zero-order valence-corrected chi connectivity index (χ0v) is 17.4. The van der Waals surface area contributed by atoms with Crippen molar-refractivity contribution in [1.29, 1.82) is 0 Å². The third kappa shape index (κ3) is 4.03. The van der Waals surface area contributed by atoms with E-state index >= 15 is 0 Å². The highest BCUT2D eigenvalue weighted by Crippen LogP contribution is 2.29. The number of hydrogen-bond donors (Lipinski definition) is 1. The largest absolute Gasteiger partial charge is 0.484 e. The standard InChI is InChI=1S/C24H26N2O4/c1-3-26(4-2)17-10-8-16(9-11-17)25-23(27)15-29-18-12-13-20-19-6-5-7-21(19)24(28)30-22(20)14-18/h8-14H,3-7,15H2,1-2H3,(H,25,27). The fraction of sp³-hybridized carbons (Fsp3) is 0.333. The van der Waals surface area contributed by atoms with E-state index < -0.39 is 0 Å². The molecule has 0 fully saturated rings. The number of aryl methyl sites for hydroxylation is 1. The second-order valence-corrected chi connectivity index (χ2v) is 7.41. The van der Waals surface area contributed by atoms with Crippen LogP contribution >= 0.6 is 0 Å². The van der Waals surface area contributed by atoms with E-state index in [9.17, 15) is 9.59 Å². The minimum absolute atomic E-state index is 0.127. The molecule has 6 nitrogen and oxygen atoms in total. The van der Waals surface area contributed by atoms with Crippen molar-refractivity contribution in [3.05, 3.63) is 64.0 Å². The molecule has 6 heteroatoms. The summed E-state index contributed by atoms with van der Waals surface area (Å²) >= 11 is 0. The molecule has 4 rings (SSSR count). The summed E-state index contributed by atoms with van der Waals surface area (Å²) in [6.07, 6.45) is 2.66. The van der Waals surface area contributed by atoms with E-state index in [4.69, 9.17) is 9.15 Å². The van der Waals surface area contributed by atoms with Crippen molar-refractivity contribution in [2.75, 3.05) is 29.9 Å². The number of carbonyl (C=O) groups is 1. The Bertz CT molecular complexity index is 1110. The fourth-order valence-electron chi connectivity index (χ4n) is 4.04. The Kier molecular flexibility index (Phi) is 5.74. The monoisotopic (exact) mass is 406 g/mol. The maximum Gasteiger partial charge on any atom is 0.339 e. The molecule has 3 aromatic rings. The quantitative estimate of drug-likeness (QED) is 0.597. The molecule has 1 heterocycles. The van der Waals surface area contributed by atoms with Crippen LogP contribution in [0.1, 0.15) is 31.4 Å². The Morgan fingerprint density at radius 2 is 1.80 bits per heavy atom. The minimum Gasteiger partial charge on any atom is -0.484 e. The predicted octanol–water partition coefficient (Wildman–Crippen LogP) is 4.15. The van der Waals surface area contributed by atoms with Crippen molar-refractivity contribution < 1.29 is 13.9 Å².